The molecule has 2 atom stereocenters. The van der Waals surface area contributed by atoms with Gasteiger partial charge in [0.15, 0.2) is 0 Å². The van der Waals surface area contributed by atoms with Crippen LogP contribution in [0.25, 0.3) is 0 Å². The number of aryl methyl sites for hydroxylation is 2. The molecule has 2 aliphatic carbocycles. The first-order chi connectivity index (χ1) is 10.6. The number of rotatable bonds is 4. The lowest BCUT2D eigenvalue weighted by molar-refractivity contribution is -0.128. The van der Waals surface area contributed by atoms with E-state index in [1.165, 1.54) is 19.3 Å². The van der Waals surface area contributed by atoms with Crippen LogP contribution in [-0.2, 0) is 24.8 Å². The Bertz CT molecular complexity index is 525. The molecule has 2 fully saturated rings. The second kappa shape index (κ2) is 6.41. The van der Waals surface area contributed by atoms with E-state index in [9.17, 15) is 4.79 Å². The third kappa shape index (κ3) is 3.05. The molecule has 3 rings (SSSR count). The van der Waals surface area contributed by atoms with Crippen LogP contribution < -0.4 is 11.1 Å². The molecule has 22 heavy (non-hydrogen) atoms. The molecule has 0 aliphatic heterocycles. The molecular weight excluding hydrogens is 276 g/mol. The van der Waals surface area contributed by atoms with Gasteiger partial charge in [-0.15, -0.1) is 0 Å². The fourth-order valence-electron chi connectivity index (χ4n) is 4.36. The van der Waals surface area contributed by atoms with Crippen LogP contribution in [0.15, 0.2) is 6.20 Å². The van der Waals surface area contributed by atoms with Crippen molar-refractivity contribution in [3.8, 4) is 0 Å². The third-order valence-corrected chi connectivity index (χ3v) is 5.56. The van der Waals surface area contributed by atoms with Crippen LogP contribution in [0, 0.1) is 17.8 Å². The Morgan fingerprint density at radius 1 is 1.41 bits per heavy atom. The predicted octanol–water partition coefficient (Wildman–Crippen LogP) is 1.75. The molecule has 3 N–H and O–H groups in total. The van der Waals surface area contributed by atoms with Crippen molar-refractivity contribution in [3.63, 3.8) is 0 Å². The summed E-state index contributed by atoms with van der Waals surface area (Å²) >= 11 is 0. The van der Waals surface area contributed by atoms with Gasteiger partial charge in [0, 0.05) is 37.3 Å². The molecule has 5 heteroatoms. The molecule has 1 amide bonds. The van der Waals surface area contributed by atoms with Crippen molar-refractivity contribution in [3.05, 3.63) is 17.5 Å². The van der Waals surface area contributed by atoms with E-state index in [0.717, 1.165) is 30.5 Å². The number of carbonyl (C=O) groups is 1. The molecule has 0 spiro atoms. The first-order valence-corrected chi connectivity index (χ1v) is 8.63. The van der Waals surface area contributed by atoms with Crippen LogP contribution >= 0.6 is 0 Å². The van der Waals surface area contributed by atoms with Gasteiger partial charge in [-0.25, -0.2) is 0 Å². The summed E-state index contributed by atoms with van der Waals surface area (Å²) in [6.07, 6.45) is 8.52. The highest BCUT2D eigenvalue weighted by Gasteiger charge is 2.40. The molecule has 0 aromatic carbocycles. The van der Waals surface area contributed by atoms with E-state index in [1.54, 1.807) is 0 Å². The Kier molecular flexibility index (Phi) is 4.52. The topological polar surface area (TPSA) is 72.9 Å². The van der Waals surface area contributed by atoms with Crippen molar-refractivity contribution in [2.45, 2.75) is 58.0 Å². The Labute approximate surface area is 132 Å². The zero-order valence-corrected chi connectivity index (χ0v) is 13.7. The minimum Gasteiger partial charge on any atom is -0.352 e. The predicted molar refractivity (Wildman–Crippen MR) is 86.0 cm³/mol. The molecule has 2 aliphatic rings. The molecular formula is C17H28N4O. The van der Waals surface area contributed by atoms with E-state index in [-0.39, 0.29) is 11.8 Å². The maximum absolute atomic E-state index is 12.5. The van der Waals surface area contributed by atoms with E-state index in [0.29, 0.717) is 24.4 Å². The van der Waals surface area contributed by atoms with Crippen LogP contribution in [0.5, 0.6) is 0 Å². The monoisotopic (exact) mass is 304 g/mol. The van der Waals surface area contributed by atoms with Gasteiger partial charge < -0.3 is 11.1 Å². The summed E-state index contributed by atoms with van der Waals surface area (Å²) in [5.41, 5.74) is 8.51. The lowest BCUT2D eigenvalue weighted by Gasteiger charge is -2.43. The maximum atomic E-state index is 12.5. The van der Waals surface area contributed by atoms with Crippen LogP contribution in [0.3, 0.4) is 0 Å². The second-order valence-corrected chi connectivity index (χ2v) is 7.04. The lowest BCUT2D eigenvalue weighted by atomic mass is 9.65. The van der Waals surface area contributed by atoms with Gasteiger partial charge in [0.25, 0.3) is 0 Å². The van der Waals surface area contributed by atoms with Crippen LogP contribution in [0.1, 0.15) is 50.3 Å². The molecule has 1 aromatic rings. The quantitative estimate of drug-likeness (QED) is 0.890. The number of carbonyl (C=O) groups excluding carboxylic acids is 1. The summed E-state index contributed by atoms with van der Waals surface area (Å²) in [4.78, 5) is 12.5. The normalized spacial score (nSPS) is 31.0. The molecule has 2 saturated carbocycles. The number of fused-ring (bicyclic) bond motifs is 2. The number of hydrogen-bond donors (Lipinski definition) is 2. The highest BCUT2D eigenvalue weighted by molar-refractivity contribution is 5.78. The van der Waals surface area contributed by atoms with Crippen molar-refractivity contribution in [2.75, 3.05) is 0 Å². The molecule has 0 radical (unpaired) electrons. The SMILES string of the molecule is CCc1nn(C)cc1CNC(=O)C1CC2CCCC(C1)C2N. The number of hydrogen-bond acceptors (Lipinski definition) is 3. The largest absolute Gasteiger partial charge is 0.352 e. The van der Waals surface area contributed by atoms with Gasteiger partial charge in [-0.1, -0.05) is 13.3 Å². The number of nitrogens with two attached hydrogens (primary N) is 1. The molecule has 1 aromatic heterocycles. The Balaban J connectivity index is 1.58. The summed E-state index contributed by atoms with van der Waals surface area (Å²) in [6, 6.07) is 0.322. The van der Waals surface area contributed by atoms with Gasteiger partial charge in [-0.2, -0.15) is 5.10 Å². The highest BCUT2D eigenvalue weighted by Crippen LogP contribution is 2.41. The summed E-state index contributed by atoms with van der Waals surface area (Å²) in [6.45, 7) is 2.69. The minimum atomic E-state index is 0.150. The zero-order chi connectivity index (χ0) is 15.7. The van der Waals surface area contributed by atoms with Crippen molar-refractivity contribution < 1.29 is 4.79 Å². The summed E-state index contributed by atoms with van der Waals surface area (Å²) in [7, 11) is 1.92. The van der Waals surface area contributed by atoms with E-state index in [2.05, 4.69) is 17.3 Å². The molecule has 5 nitrogen and oxygen atoms in total. The van der Waals surface area contributed by atoms with Gasteiger partial charge in [0.05, 0.1) is 5.69 Å². The summed E-state index contributed by atoms with van der Waals surface area (Å²) in [5, 5.41) is 7.55. The highest BCUT2D eigenvalue weighted by atomic mass is 16.1. The van der Waals surface area contributed by atoms with Crippen molar-refractivity contribution >= 4 is 5.91 Å². The van der Waals surface area contributed by atoms with Crippen LogP contribution in [0.4, 0.5) is 0 Å². The molecule has 0 saturated heterocycles. The van der Waals surface area contributed by atoms with Crippen molar-refractivity contribution in [1.82, 2.24) is 15.1 Å². The summed E-state index contributed by atoms with van der Waals surface area (Å²) in [5.74, 6) is 1.45. The number of nitrogens with one attached hydrogen (secondary N) is 1. The molecule has 2 unspecified atom stereocenters. The van der Waals surface area contributed by atoms with E-state index in [1.807, 2.05) is 17.9 Å². The maximum Gasteiger partial charge on any atom is 0.223 e. The number of aromatic nitrogens is 2. The second-order valence-electron chi connectivity index (χ2n) is 7.04. The van der Waals surface area contributed by atoms with Crippen molar-refractivity contribution in [1.29, 1.82) is 0 Å². The Morgan fingerprint density at radius 2 is 2.09 bits per heavy atom. The van der Waals surface area contributed by atoms with Crippen LogP contribution in [-0.4, -0.2) is 21.7 Å². The van der Waals surface area contributed by atoms with Gasteiger partial charge in [-0.05, 0) is 43.9 Å². The molecule has 122 valence electrons. The van der Waals surface area contributed by atoms with E-state index < -0.39 is 0 Å². The van der Waals surface area contributed by atoms with Gasteiger partial charge in [0.1, 0.15) is 0 Å². The van der Waals surface area contributed by atoms with Gasteiger partial charge in [-0.3, -0.25) is 9.48 Å². The number of nitrogens with zero attached hydrogens (tertiary/aromatic N) is 2. The lowest BCUT2D eigenvalue weighted by Crippen LogP contribution is -2.49. The van der Waals surface area contributed by atoms with E-state index in [4.69, 9.17) is 5.73 Å². The first kappa shape index (κ1) is 15.5. The molecule has 2 bridgehead atoms. The standard InChI is InChI=1S/C17H28N4O/c1-3-15-14(10-21(2)20-15)9-19-17(22)13-7-11-5-4-6-12(8-13)16(11)18/h10-13,16H,3-9,18H2,1-2H3,(H,19,22). The smallest absolute Gasteiger partial charge is 0.223 e. The zero-order valence-electron chi connectivity index (χ0n) is 13.7. The van der Waals surface area contributed by atoms with Crippen molar-refractivity contribution in [2.24, 2.45) is 30.5 Å². The Morgan fingerprint density at radius 3 is 2.73 bits per heavy atom. The summed E-state index contributed by atoms with van der Waals surface area (Å²) < 4.78 is 1.82. The average Bonchev–Trinajstić information content (AvgIpc) is 2.84. The van der Waals surface area contributed by atoms with Crippen LogP contribution in [0.2, 0.25) is 0 Å². The van der Waals surface area contributed by atoms with E-state index >= 15 is 0 Å². The van der Waals surface area contributed by atoms with Gasteiger partial charge >= 0.3 is 0 Å². The third-order valence-electron chi connectivity index (χ3n) is 5.56. The minimum absolute atomic E-state index is 0.150. The Hall–Kier alpha value is -1.36. The fourth-order valence-corrected chi connectivity index (χ4v) is 4.36. The first-order valence-electron chi connectivity index (χ1n) is 8.63. The fraction of sp³-hybridized carbons (Fsp3) is 0.765. The number of amides is 1. The molecule has 1 heterocycles. The van der Waals surface area contributed by atoms with Gasteiger partial charge in [0.2, 0.25) is 5.91 Å². The average molecular weight is 304 g/mol.